The number of benzene rings is 1. The number of halogens is 4. The van der Waals surface area contributed by atoms with Gasteiger partial charge in [0.05, 0.1) is 5.56 Å². The maximum atomic E-state index is 13.3. The normalized spacial score (nSPS) is 11.8. The summed E-state index contributed by atoms with van der Waals surface area (Å²) in [5.41, 5.74) is -0.952. The topological polar surface area (TPSA) is 46.3 Å². The predicted molar refractivity (Wildman–Crippen MR) is 62.3 cm³/mol. The Bertz CT molecular complexity index is 592. The van der Waals surface area contributed by atoms with Gasteiger partial charge in [0.1, 0.15) is 17.3 Å². The van der Waals surface area contributed by atoms with Crippen molar-refractivity contribution in [2.24, 2.45) is 0 Å². The van der Waals surface area contributed by atoms with Crippen molar-refractivity contribution >= 4 is 0 Å². The lowest BCUT2D eigenvalue weighted by Gasteiger charge is -2.07. The molecule has 0 saturated carbocycles. The van der Waals surface area contributed by atoms with Crippen LogP contribution in [0.25, 0.3) is 11.3 Å². The van der Waals surface area contributed by atoms with Crippen LogP contribution in [-0.2, 0) is 12.6 Å². The SMILES string of the molecule is OCCCc1cc(-c2cc(F)cc(C(F)(F)F)c2)no1. The van der Waals surface area contributed by atoms with Crippen molar-refractivity contribution in [2.75, 3.05) is 6.61 Å². The van der Waals surface area contributed by atoms with Crippen molar-refractivity contribution in [3.63, 3.8) is 0 Å². The van der Waals surface area contributed by atoms with Gasteiger partial charge >= 0.3 is 6.18 Å². The van der Waals surface area contributed by atoms with Gasteiger partial charge in [-0.25, -0.2) is 4.39 Å². The number of aliphatic hydroxyl groups excluding tert-OH is 1. The summed E-state index contributed by atoms with van der Waals surface area (Å²) in [6.07, 6.45) is -3.77. The Morgan fingerprint density at radius 2 is 1.90 bits per heavy atom. The van der Waals surface area contributed by atoms with Crippen LogP contribution < -0.4 is 0 Å². The van der Waals surface area contributed by atoms with E-state index in [1.165, 1.54) is 6.07 Å². The minimum absolute atomic E-state index is 0.00340. The number of hydrogen-bond acceptors (Lipinski definition) is 3. The van der Waals surface area contributed by atoms with Crippen LogP contribution in [0.4, 0.5) is 17.6 Å². The lowest BCUT2D eigenvalue weighted by atomic mass is 10.1. The summed E-state index contributed by atoms with van der Waals surface area (Å²) in [7, 11) is 0. The van der Waals surface area contributed by atoms with E-state index in [0.29, 0.717) is 24.7 Å². The highest BCUT2D eigenvalue weighted by atomic mass is 19.4. The summed E-state index contributed by atoms with van der Waals surface area (Å²) >= 11 is 0. The van der Waals surface area contributed by atoms with Crippen LogP contribution in [0.2, 0.25) is 0 Å². The van der Waals surface area contributed by atoms with E-state index in [-0.39, 0.29) is 17.9 Å². The fraction of sp³-hybridized carbons (Fsp3) is 0.308. The van der Waals surface area contributed by atoms with E-state index >= 15 is 0 Å². The van der Waals surface area contributed by atoms with Gasteiger partial charge in [-0.1, -0.05) is 5.16 Å². The van der Waals surface area contributed by atoms with Crippen molar-refractivity contribution in [3.05, 3.63) is 41.4 Å². The van der Waals surface area contributed by atoms with Gasteiger partial charge in [-0.2, -0.15) is 13.2 Å². The van der Waals surface area contributed by atoms with Crippen molar-refractivity contribution in [1.29, 1.82) is 0 Å². The Labute approximate surface area is 111 Å². The molecule has 2 rings (SSSR count). The van der Waals surface area contributed by atoms with Gasteiger partial charge in [0.15, 0.2) is 0 Å². The molecule has 3 nitrogen and oxygen atoms in total. The van der Waals surface area contributed by atoms with Crippen LogP contribution in [0, 0.1) is 5.82 Å². The number of aliphatic hydroxyl groups is 1. The van der Waals surface area contributed by atoms with Gasteiger partial charge in [0.25, 0.3) is 0 Å². The van der Waals surface area contributed by atoms with Crippen molar-refractivity contribution in [2.45, 2.75) is 19.0 Å². The molecule has 0 fully saturated rings. The number of hydrogen-bond donors (Lipinski definition) is 1. The molecule has 0 spiro atoms. The summed E-state index contributed by atoms with van der Waals surface area (Å²) in [6, 6.07) is 3.64. The third-order valence-electron chi connectivity index (χ3n) is 2.66. The number of aromatic nitrogens is 1. The highest BCUT2D eigenvalue weighted by molar-refractivity contribution is 5.60. The standard InChI is InChI=1S/C13H11F4NO2/c14-10-5-8(4-9(6-10)13(15,16)17)12-7-11(20-18-12)2-1-3-19/h4-7,19H,1-3H2. The maximum Gasteiger partial charge on any atom is 0.416 e. The fourth-order valence-electron chi connectivity index (χ4n) is 1.72. The quantitative estimate of drug-likeness (QED) is 0.877. The van der Waals surface area contributed by atoms with Gasteiger partial charge < -0.3 is 9.63 Å². The number of aryl methyl sites for hydroxylation is 1. The first-order valence-electron chi connectivity index (χ1n) is 5.85. The molecular weight excluding hydrogens is 278 g/mol. The van der Waals surface area contributed by atoms with Crippen LogP contribution in [-0.4, -0.2) is 16.9 Å². The molecule has 0 aliphatic carbocycles. The fourth-order valence-corrected chi connectivity index (χ4v) is 1.72. The molecule has 2 aromatic rings. The summed E-state index contributed by atoms with van der Waals surface area (Å²) in [4.78, 5) is 0. The Morgan fingerprint density at radius 3 is 2.55 bits per heavy atom. The second kappa shape index (κ2) is 5.62. The van der Waals surface area contributed by atoms with Crippen LogP contribution in [0.5, 0.6) is 0 Å². The van der Waals surface area contributed by atoms with E-state index in [1.807, 2.05) is 0 Å². The smallest absolute Gasteiger partial charge is 0.396 e. The lowest BCUT2D eigenvalue weighted by Crippen LogP contribution is -2.05. The van der Waals surface area contributed by atoms with Crippen molar-refractivity contribution in [1.82, 2.24) is 5.16 Å². The Balaban J connectivity index is 2.32. The Morgan fingerprint density at radius 1 is 1.15 bits per heavy atom. The second-order valence-corrected chi connectivity index (χ2v) is 4.23. The molecule has 1 heterocycles. The molecule has 1 aromatic heterocycles. The third-order valence-corrected chi connectivity index (χ3v) is 2.66. The third kappa shape index (κ3) is 3.36. The molecule has 0 aliphatic heterocycles. The van der Waals surface area contributed by atoms with Gasteiger partial charge in [0, 0.05) is 24.7 Å². The number of rotatable bonds is 4. The molecule has 0 aliphatic rings. The van der Waals surface area contributed by atoms with E-state index < -0.39 is 17.6 Å². The first-order chi connectivity index (χ1) is 9.40. The van der Waals surface area contributed by atoms with Gasteiger partial charge in [-0.3, -0.25) is 0 Å². The average Bonchev–Trinajstić information content (AvgIpc) is 2.83. The van der Waals surface area contributed by atoms with Crippen molar-refractivity contribution in [3.8, 4) is 11.3 Å². The first kappa shape index (κ1) is 14.5. The molecule has 108 valence electrons. The van der Waals surface area contributed by atoms with Crippen LogP contribution >= 0.6 is 0 Å². The molecule has 0 atom stereocenters. The molecule has 0 unspecified atom stereocenters. The molecular formula is C13H11F4NO2. The molecule has 20 heavy (non-hydrogen) atoms. The van der Waals surface area contributed by atoms with Crippen LogP contribution in [0.3, 0.4) is 0 Å². The predicted octanol–water partition coefficient (Wildman–Crippen LogP) is 3.42. The second-order valence-electron chi connectivity index (χ2n) is 4.23. The summed E-state index contributed by atoms with van der Waals surface area (Å²) in [5, 5.41) is 12.3. The molecule has 0 saturated heterocycles. The molecule has 7 heteroatoms. The van der Waals surface area contributed by atoms with E-state index in [1.54, 1.807) is 0 Å². The zero-order valence-corrected chi connectivity index (χ0v) is 10.2. The lowest BCUT2D eigenvalue weighted by molar-refractivity contribution is -0.137. The first-order valence-corrected chi connectivity index (χ1v) is 5.85. The van der Waals surface area contributed by atoms with Gasteiger partial charge in [0.2, 0.25) is 0 Å². The highest BCUT2D eigenvalue weighted by Gasteiger charge is 2.31. The molecule has 0 amide bonds. The van der Waals surface area contributed by atoms with E-state index in [4.69, 9.17) is 9.63 Å². The van der Waals surface area contributed by atoms with E-state index in [2.05, 4.69) is 5.16 Å². The molecule has 0 bridgehead atoms. The maximum absolute atomic E-state index is 13.3. The Hall–Kier alpha value is -1.89. The molecule has 0 radical (unpaired) electrons. The summed E-state index contributed by atoms with van der Waals surface area (Å²) in [6.45, 7) is -0.0335. The van der Waals surface area contributed by atoms with Gasteiger partial charge in [-0.15, -0.1) is 0 Å². The minimum atomic E-state index is -4.62. The summed E-state index contributed by atoms with van der Waals surface area (Å²) in [5.74, 6) is -0.568. The minimum Gasteiger partial charge on any atom is -0.396 e. The van der Waals surface area contributed by atoms with Crippen molar-refractivity contribution < 1.29 is 27.2 Å². The number of alkyl halides is 3. The van der Waals surface area contributed by atoms with Crippen LogP contribution in [0.1, 0.15) is 17.7 Å². The summed E-state index contributed by atoms with van der Waals surface area (Å²) < 4.78 is 56.0. The number of nitrogens with zero attached hydrogens (tertiary/aromatic N) is 1. The Kier molecular flexibility index (Phi) is 4.08. The monoisotopic (exact) mass is 289 g/mol. The van der Waals surface area contributed by atoms with E-state index in [9.17, 15) is 17.6 Å². The van der Waals surface area contributed by atoms with Crippen LogP contribution in [0.15, 0.2) is 28.8 Å². The molecule has 1 aromatic carbocycles. The molecule has 1 N–H and O–H groups in total. The zero-order valence-electron chi connectivity index (χ0n) is 10.2. The largest absolute Gasteiger partial charge is 0.416 e. The highest BCUT2D eigenvalue weighted by Crippen LogP contribution is 2.33. The average molecular weight is 289 g/mol. The van der Waals surface area contributed by atoms with Gasteiger partial charge in [-0.05, 0) is 24.6 Å². The van der Waals surface area contributed by atoms with E-state index in [0.717, 1.165) is 12.1 Å². The zero-order chi connectivity index (χ0) is 14.8.